The quantitative estimate of drug-likeness (QED) is 0.508. The molecule has 0 aliphatic carbocycles. The number of thiazole rings is 1. The molecule has 1 aliphatic heterocycles. The van der Waals surface area contributed by atoms with Crippen molar-refractivity contribution >= 4 is 27.5 Å². The third-order valence-electron chi connectivity index (χ3n) is 6.03. The smallest absolute Gasteiger partial charge is 0.300 e. The standard InChI is InChI=1S/C25H25N5OS/c1-29-9-11-30(12-10-29)25(31)20-4-2-3-18(13-20)16-24-26-8-7-21(28-24)14-19-5-6-22-23(15-19)32-17-27-22/h2-8,13,15,17H,9-12,14,16H2,1H3/p+2. The van der Waals surface area contributed by atoms with Crippen LogP contribution in [0.25, 0.3) is 10.2 Å². The molecule has 1 saturated heterocycles. The number of carbonyl (C=O) groups is 1. The van der Waals surface area contributed by atoms with Crippen LogP contribution in [0.5, 0.6) is 0 Å². The summed E-state index contributed by atoms with van der Waals surface area (Å²) < 4.78 is 1.20. The second-order valence-corrected chi connectivity index (χ2v) is 9.37. The van der Waals surface area contributed by atoms with Gasteiger partial charge in [0.15, 0.2) is 5.69 Å². The Bertz CT molecular complexity index is 1250. The highest BCUT2D eigenvalue weighted by atomic mass is 32.1. The lowest BCUT2D eigenvalue weighted by Crippen LogP contribution is -3.12. The third-order valence-corrected chi connectivity index (χ3v) is 6.83. The minimum absolute atomic E-state index is 0.128. The summed E-state index contributed by atoms with van der Waals surface area (Å²) in [6.45, 7) is 3.65. The number of amides is 1. The fraction of sp³-hybridized carbons (Fsp3) is 0.280. The molecule has 32 heavy (non-hydrogen) atoms. The predicted octanol–water partition coefficient (Wildman–Crippen LogP) is 1.66. The highest BCUT2D eigenvalue weighted by Crippen LogP contribution is 2.20. The second kappa shape index (κ2) is 9.14. The number of quaternary nitrogens is 1. The molecule has 2 aromatic heterocycles. The van der Waals surface area contributed by atoms with Crippen LogP contribution in [-0.2, 0) is 12.8 Å². The fourth-order valence-corrected chi connectivity index (χ4v) is 4.91. The maximum atomic E-state index is 12.9. The van der Waals surface area contributed by atoms with Crippen molar-refractivity contribution < 1.29 is 14.7 Å². The molecule has 0 radical (unpaired) electrons. The number of H-pyrrole nitrogens is 1. The molecule has 1 aliphatic rings. The maximum absolute atomic E-state index is 12.9. The zero-order valence-corrected chi connectivity index (χ0v) is 19.0. The molecule has 4 aromatic rings. The van der Waals surface area contributed by atoms with E-state index in [1.165, 1.54) is 15.2 Å². The van der Waals surface area contributed by atoms with E-state index >= 15 is 0 Å². The van der Waals surface area contributed by atoms with Crippen LogP contribution >= 0.6 is 11.3 Å². The van der Waals surface area contributed by atoms with Crippen LogP contribution in [0, 0.1) is 0 Å². The van der Waals surface area contributed by atoms with Gasteiger partial charge in [-0.25, -0.2) is 9.97 Å². The number of rotatable bonds is 5. The van der Waals surface area contributed by atoms with Gasteiger partial charge in [0.1, 0.15) is 0 Å². The van der Waals surface area contributed by atoms with Gasteiger partial charge in [-0.15, -0.1) is 11.3 Å². The summed E-state index contributed by atoms with van der Waals surface area (Å²) in [6, 6.07) is 16.4. The number of aromatic nitrogens is 3. The van der Waals surface area contributed by atoms with Gasteiger partial charge in [0.05, 0.1) is 61.6 Å². The molecule has 1 fully saturated rings. The number of aromatic amines is 1. The topological polar surface area (TPSA) is 64.7 Å². The summed E-state index contributed by atoms with van der Waals surface area (Å²) in [5.41, 5.74) is 7.02. The Morgan fingerprint density at radius 3 is 2.81 bits per heavy atom. The predicted molar refractivity (Wildman–Crippen MR) is 125 cm³/mol. The van der Waals surface area contributed by atoms with Crippen molar-refractivity contribution in [2.24, 2.45) is 0 Å². The summed E-state index contributed by atoms with van der Waals surface area (Å²) >= 11 is 1.66. The molecule has 0 atom stereocenters. The highest BCUT2D eigenvalue weighted by molar-refractivity contribution is 7.16. The first-order chi connectivity index (χ1) is 15.6. The number of likely N-dealkylation sites (N-methyl/N-ethyl adjacent to an activating group) is 1. The molecule has 2 aromatic carbocycles. The first-order valence-electron chi connectivity index (χ1n) is 11.0. The van der Waals surface area contributed by atoms with Crippen LogP contribution < -0.4 is 9.88 Å². The van der Waals surface area contributed by atoms with Crippen molar-refractivity contribution in [2.45, 2.75) is 12.8 Å². The molecule has 0 saturated carbocycles. The lowest BCUT2D eigenvalue weighted by molar-refractivity contribution is -0.883. The molecule has 1 amide bonds. The molecule has 5 rings (SSSR count). The number of nitrogens with zero attached hydrogens (tertiary/aromatic N) is 3. The Balaban J connectivity index is 1.29. The molecule has 0 bridgehead atoms. The first-order valence-corrected chi connectivity index (χ1v) is 11.9. The number of benzene rings is 2. The molecule has 6 nitrogen and oxygen atoms in total. The SMILES string of the molecule is C[NH+]1CCN(C(=O)c2cccc(Cc3nc(Cc4ccc5ncsc5c4)cc[nH+]3)c2)CC1. The van der Waals surface area contributed by atoms with Gasteiger partial charge in [0.25, 0.3) is 5.91 Å². The van der Waals surface area contributed by atoms with Gasteiger partial charge >= 0.3 is 5.82 Å². The number of carbonyl (C=O) groups excluding carboxylic acids is 1. The summed E-state index contributed by atoms with van der Waals surface area (Å²) in [5, 5.41) is 0. The molecule has 162 valence electrons. The summed E-state index contributed by atoms with van der Waals surface area (Å²) in [5.74, 6) is 1.03. The van der Waals surface area contributed by atoms with Crippen LogP contribution in [0.3, 0.4) is 0 Å². The van der Waals surface area contributed by atoms with Gasteiger partial charge in [0, 0.05) is 18.1 Å². The van der Waals surface area contributed by atoms with Crippen LogP contribution in [0.1, 0.15) is 33.0 Å². The van der Waals surface area contributed by atoms with Crippen molar-refractivity contribution in [1.82, 2.24) is 14.9 Å². The lowest BCUT2D eigenvalue weighted by atomic mass is 10.1. The number of nitrogens with one attached hydrogen (secondary N) is 2. The van der Waals surface area contributed by atoms with Crippen LogP contribution in [0.4, 0.5) is 0 Å². The van der Waals surface area contributed by atoms with E-state index in [1.54, 1.807) is 11.3 Å². The summed E-state index contributed by atoms with van der Waals surface area (Å²) in [7, 11) is 2.18. The fourth-order valence-electron chi connectivity index (χ4n) is 4.17. The van der Waals surface area contributed by atoms with Crippen molar-refractivity contribution in [3.05, 3.63) is 88.4 Å². The van der Waals surface area contributed by atoms with E-state index in [4.69, 9.17) is 4.98 Å². The Hall–Kier alpha value is -3.16. The average Bonchev–Trinajstić information content (AvgIpc) is 3.27. The Labute approximate surface area is 191 Å². The molecule has 0 unspecified atom stereocenters. The van der Waals surface area contributed by atoms with Crippen LogP contribution in [-0.4, -0.2) is 54.0 Å². The number of fused-ring (bicyclic) bond motifs is 1. The highest BCUT2D eigenvalue weighted by Gasteiger charge is 2.22. The average molecular weight is 446 g/mol. The van der Waals surface area contributed by atoms with Crippen molar-refractivity contribution in [1.29, 1.82) is 0 Å². The minimum Gasteiger partial charge on any atom is -0.334 e. The molecule has 2 N–H and O–H groups in total. The first kappa shape index (κ1) is 20.7. The second-order valence-electron chi connectivity index (χ2n) is 8.49. The third kappa shape index (κ3) is 4.69. The zero-order valence-electron chi connectivity index (χ0n) is 18.2. The molecular formula is C25H27N5OS+2. The van der Waals surface area contributed by atoms with Gasteiger partial charge in [-0.2, -0.15) is 0 Å². The van der Waals surface area contributed by atoms with Crippen molar-refractivity contribution in [3.63, 3.8) is 0 Å². The summed E-state index contributed by atoms with van der Waals surface area (Å²) in [4.78, 5) is 28.8. The van der Waals surface area contributed by atoms with Gasteiger partial charge in [-0.1, -0.05) is 23.2 Å². The van der Waals surface area contributed by atoms with Crippen LogP contribution in [0.15, 0.2) is 60.2 Å². The van der Waals surface area contributed by atoms with E-state index in [0.29, 0.717) is 6.42 Å². The maximum Gasteiger partial charge on any atom is 0.300 e. The van der Waals surface area contributed by atoms with E-state index in [9.17, 15) is 4.79 Å². The van der Waals surface area contributed by atoms with E-state index < -0.39 is 0 Å². The zero-order chi connectivity index (χ0) is 21.9. The van der Waals surface area contributed by atoms with Crippen molar-refractivity contribution in [3.8, 4) is 0 Å². The number of piperazine rings is 1. The van der Waals surface area contributed by atoms with Gasteiger partial charge in [-0.05, 0) is 35.4 Å². The summed E-state index contributed by atoms with van der Waals surface area (Å²) in [6.07, 6.45) is 3.39. The lowest BCUT2D eigenvalue weighted by Gasteiger charge is -2.30. The van der Waals surface area contributed by atoms with E-state index in [0.717, 1.165) is 60.8 Å². The van der Waals surface area contributed by atoms with E-state index in [1.807, 2.05) is 40.9 Å². The van der Waals surface area contributed by atoms with Gasteiger partial charge in [0.2, 0.25) is 0 Å². The van der Waals surface area contributed by atoms with E-state index in [2.05, 4.69) is 41.3 Å². The Morgan fingerprint density at radius 1 is 1.09 bits per heavy atom. The normalized spacial score (nSPS) is 14.7. The molecule has 7 heteroatoms. The van der Waals surface area contributed by atoms with Gasteiger partial charge < -0.3 is 9.80 Å². The van der Waals surface area contributed by atoms with Crippen LogP contribution in [0.2, 0.25) is 0 Å². The number of hydrogen-bond donors (Lipinski definition) is 1. The molecule has 3 heterocycles. The van der Waals surface area contributed by atoms with E-state index in [-0.39, 0.29) is 5.91 Å². The Morgan fingerprint density at radius 2 is 1.94 bits per heavy atom. The monoisotopic (exact) mass is 445 g/mol. The number of hydrogen-bond acceptors (Lipinski definition) is 4. The molecule has 0 spiro atoms. The largest absolute Gasteiger partial charge is 0.334 e. The minimum atomic E-state index is 0.128. The molecular weight excluding hydrogens is 418 g/mol. The Kier molecular flexibility index (Phi) is 5.92. The van der Waals surface area contributed by atoms with Crippen molar-refractivity contribution in [2.75, 3.05) is 33.2 Å². The van der Waals surface area contributed by atoms with Gasteiger partial charge in [-0.3, -0.25) is 4.79 Å².